The van der Waals surface area contributed by atoms with Gasteiger partial charge in [-0.25, -0.2) is 5.43 Å². The van der Waals surface area contributed by atoms with Crippen molar-refractivity contribution in [2.45, 2.75) is 13.8 Å². The first-order valence-electron chi connectivity index (χ1n) is 6.72. The summed E-state index contributed by atoms with van der Waals surface area (Å²) in [5.74, 6) is 1.28. The van der Waals surface area contributed by atoms with Gasteiger partial charge in [-0.2, -0.15) is 15.3 Å². The van der Waals surface area contributed by atoms with Crippen LogP contribution in [0.25, 0.3) is 5.57 Å². The van der Waals surface area contributed by atoms with E-state index in [1.54, 1.807) is 13.1 Å². The number of nitriles is 1. The van der Waals surface area contributed by atoms with Crippen molar-refractivity contribution in [3.63, 3.8) is 0 Å². The zero-order valence-corrected chi connectivity index (χ0v) is 12.5. The van der Waals surface area contributed by atoms with Gasteiger partial charge in [0.2, 0.25) is 11.6 Å². The number of nitrogens with one attached hydrogen (secondary N) is 1. The summed E-state index contributed by atoms with van der Waals surface area (Å²) in [7, 11) is 0. The van der Waals surface area contributed by atoms with Crippen molar-refractivity contribution < 1.29 is 9.15 Å². The molecule has 0 bridgehead atoms. The van der Waals surface area contributed by atoms with E-state index in [4.69, 9.17) is 14.4 Å². The van der Waals surface area contributed by atoms with Crippen LogP contribution in [-0.4, -0.2) is 17.8 Å². The van der Waals surface area contributed by atoms with Crippen LogP contribution in [0.4, 0.5) is 5.88 Å². The molecular formula is C16H16N4O2. The second-order valence-corrected chi connectivity index (χ2v) is 4.46. The molecule has 2 aromatic rings. The molecule has 1 N–H and O–H groups in total. The number of anilines is 1. The summed E-state index contributed by atoms with van der Waals surface area (Å²) in [5.41, 5.74) is 4.31. The number of rotatable bonds is 6. The molecular weight excluding hydrogens is 280 g/mol. The lowest BCUT2D eigenvalue weighted by Crippen LogP contribution is -1.94. The molecule has 0 amide bonds. The third-order valence-electron chi connectivity index (χ3n) is 2.65. The fourth-order valence-corrected chi connectivity index (χ4v) is 1.67. The Morgan fingerprint density at radius 3 is 3.09 bits per heavy atom. The fraction of sp³-hybridized carbons (Fsp3) is 0.188. The van der Waals surface area contributed by atoms with Crippen LogP contribution in [0.15, 0.2) is 40.4 Å². The molecule has 0 aliphatic heterocycles. The van der Waals surface area contributed by atoms with Gasteiger partial charge in [-0.3, -0.25) is 0 Å². The predicted octanol–water partition coefficient (Wildman–Crippen LogP) is 3.42. The summed E-state index contributed by atoms with van der Waals surface area (Å²) in [6, 6.07) is 9.44. The van der Waals surface area contributed by atoms with Gasteiger partial charge in [-0.15, -0.1) is 0 Å². The molecule has 112 valence electrons. The van der Waals surface area contributed by atoms with Gasteiger partial charge in [0.1, 0.15) is 11.8 Å². The molecule has 6 nitrogen and oxygen atoms in total. The Labute approximate surface area is 128 Å². The first-order valence-corrected chi connectivity index (χ1v) is 6.72. The first-order chi connectivity index (χ1) is 10.6. The van der Waals surface area contributed by atoms with Gasteiger partial charge in [0, 0.05) is 5.57 Å². The zero-order valence-electron chi connectivity index (χ0n) is 12.5. The number of aromatic nitrogens is 1. The Hall–Kier alpha value is -3.07. The molecule has 1 heterocycles. The van der Waals surface area contributed by atoms with Gasteiger partial charge in [0.25, 0.3) is 5.88 Å². The monoisotopic (exact) mass is 296 g/mol. The normalized spacial score (nSPS) is 10.4. The lowest BCUT2D eigenvalue weighted by Gasteiger charge is -2.02. The number of allylic oxidation sites excluding steroid dienone is 1. The molecule has 0 spiro atoms. The third-order valence-corrected chi connectivity index (χ3v) is 2.65. The predicted molar refractivity (Wildman–Crippen MR) is 84.8 cm³/mol. The number of oxazole rings is 1. The maximum Gasteiger partial charge on any atom is 0.252 e. The number of ether oxygens (including phenoxy) is 1. The van der Waals surface area contributed by atoms with Crippen LogP contribution in [0, 0.1) is 11.3 Å². The van der Waals surface area contributed by atoms with Gasteiger partial charge in [0.05, 0.1) is 12.8 Å². The summed E-state index contributed by atoms with van der Waals surface area (Å²) >= 11 is 0. The topological polar surface area (TPSA) is 83.4 Å². The molecule has 0 fully saturated rings. The van der Waals surface area contributed by atoms with E-state index in [1.165, 1.54) is 0 Å². The van der Waals surface area contributed by atoms with E-state index in [2.05, 4.69) is 22.1 Å². The molecule has 0 unspecified atom stereocenters. The maximum absolute atomic E-state index is 9.01. The van der Waals surface area contributed by atoms with E-state index in [0.717, 1.165) is 11.3 Å². The molecule has 6 heteroatoms. The zero-order chi connectivity index (χ0) is 15.9. The average Bonchev–Trinajstić information content (AvgIpc) is 2.92. The maximum atomic E-state index is 9.01. The number of hydrogen-bond donors (Lipinski definition) is 1. The highest BCUT2D eigenvalue weighted by molar-refractivity contribution is 5.80. The van der Waals surface area contributed by atoms with Crippen molar-refractivity contribution in [1.82, 2.24) is 4.98 Å². The van der Waals surface area contributed by atoms with E-state index in [-0.39, 0.29) is 11.6 Å². The molecule has 1 aromatic heterocycles. The molecule has 22 heavy (non-hydrogen) atoms. The van der Waals surface area contributed by atoms with Crippen molar-refractivity contribution in [1.29, 1.82) is 5.26 Å². The Bertz CT molecular complexity index is 741. The smallest absolute Gasteiger partial charge is 0.252 e. The minimum atomic E-state index is 0.137. The van der Waals surface area contributed by atoms with Crippen molar-refractivity contribution in [2.24, 2.45) is 5.10 Å². The van der Waals surface area contributed by atoms with Crippen molar-refractivity contribution >= 4 is 17.7 Å². The molecule has 0 aliphatic rings. The minimum Gasteiger partial charge on any atom is -0.494 e. The lowest BCUT2D eigenvalue weighted by atomic mass is 10.2. The quantitative estimate of drug-likeness (QED) is 0.652. The Morgan fingerprint density at radius 1 is 1.59 bits per heavy atom. The van der Waals surface area contributed by atoms with Crippen LogP contribution in [0.1, 0.15) is 31.0 Å². The highest BCUT2D eigenvalue weighted by Gasteiger charge is 2.12. The molecule has 0 atom stereocenters. The van der Waals surface area contributed by atoms with Crippen LogP contribution in [0.5, 0.6) is 5.75 Å². The van der Waals surface area contributed by atoms with Gasteiger partial charge in [-0.1, -0.05) is 18.7 Å². The van der Waals surface area contributed by atoms with E-state index >= 15 is 0 Å². The second-order valence-electron chi connectivity index (χ2n) is 4.46. The largest absolute Gasteiger partial charge is 0.494 e. The lowest BCUT2D eigenvalue weighted by molar-refractivity contribution is 0.340. The van der Waals surface area contributed by atoms with Crippen LogP contribution in [0.2, 0.25) is 0 Å². The van der Waals surface area contributed by atoms with Gasteiger partial charge in [-0.05, 0) is 31.5 Å². The summed E-state index contributed by atoms with van der Waals surface area (Å²) in [6.45, 7) is 8.00. The summed E-state index contributed by atoms with van der Waals surface area (Å²) < 4.78 is 10.8. The van der Waals surface area contributed by atoms with Gasteiger partial charge < -0.3 is 9.15 Å². The van der Waals surface area contributed by atoms with Crippen molar-refractivity contribution in [3.05, 3.63) is 48.0 Å². The second kappa shape index (κ2) is 7.09. The number of nitrogens with zero attached hydrogens (tertiary/aromatic N) is 3. The average molecular weight is 296 g/mol. The Morgan fingerprint density at radius 2 is 2.41 bits per heavy atom. The van der Waals surface area contributed by atoms with Crippen LogP contribution in [-0.2, 0) is 0 Å². The number of benzene rings is 1. The number of hydrazone groups is 1. The Kier molecular flexibility index (Phi) is 4.94. The van der Waals surface area contributed by atoms with E-state index in [9.17, 15) is 0 Å². The van der Waals surface area contributed by atoms with Crippen molar-refractivity contribution in [3.8, 4) is 11.8 Å². The first kappa shape index (κ1) is 15.3. The molecule has 0 aliphatic carbocycles. The summed E-state index contributed by atoms with van der Waals surface area (Å²) in [6.07, 6.45) is 1.60. The summed E-state index contributed by atoms with van der Waals surface area (Å²) in [5, 5.41) is 13.1. The fourth-order valence-electron chi connectivity index (χ4n) is 1.67. The highest BCUT2D eigenvalue weighted by atomic mass is 16.5. The van der Waals surface area contributed by atoms with Gasteiger partial charge >= 0.3 is 0 Å². The standard InChI is InChI=1S/C16H16N4O2/c1-4-21-13-7-5-6-12(8-13)10-18-20-16-14(9-17)19-15(22-16)11(2)3/h5-8,10,20H,2,4H2,1,3H3. The van der Waals surface area contributed by atoms with Crippen LogP contribution >= 0.6 is 0 Å². The summed E-state index contributed by atoms with van der Waals surface area (Å²) in [4.78, 5) is 4.01. The SMILES string of the molecule is C=C(C)c1nc(C#N)c(NN=Cc2cccc(OCC)c2)o1. The molecule has 1 aromatic carbocycles. The number of hydrogen-bond acceptors (Lipinski definition) is 6. The van der Waals surface area contributed by atoms with Crippen LogP contribution in [0.3, 0.4) is 0 Å². The molecule has 0 saturated carbocycles. The van der Waals surface area contributed by atoms with E-state index in [1.807, 2.05) is 37.3 Å². The molecule has 0 saturated heterocycles. The highest BCUT2D eigenvalue weighted by Crippen LogP contribution is 2.20. The Balaban J connectivity index is 2.11. The third kappa shape index (κ3) is 3.73. The van der Waals surface area contributed by atoms with Crippen LogP contribution < -0.4 is 10.2 Å². The molecule has 2 rings (SSSR count). The van der Waals surface area contributed by atoms with Gasteiger partial charge in [0.15, 0.2) is 0 Å². The van der Waals surface area contributed by atoms with Crippen molar-refractivity contribution in [2.75, 3.05) is 12.0 Å². The minimum absolute atomic E-state index is 0.137. The van der Waals surface area contributed by atoms with E-state index in [0.29, 0.717) is 18.1 Å². The van der Waals surface area contributed by atoms with E-state index < -0.39 is 0 Å². The molecule has 0 radical (unpaired) electrons.